The van der Waals surface area contributed by atoms with Gasteiger partial charge in [0.1, 0.15) is 0 Å². The number of amides is 1. The van der Waals surface area contributed by atoms with Crippen molar-refractivity contribution in [1.82, 2.24) is 9.88 Å². The number of nitrogens with two attached hydrogens (primary N) is 1. The number of para-hydroxylation sites is 1. The molecule has 0 saturated heterocycles. The maximum absolute atomic E-state index is 13.1. The van der Waals surface area contributed by atoms with Gasteiger partial charge in [0.05, 0.1) is 17.6 Å². The van der Waals surface area contributed by atoms with Crippen LogP contribution in [0.5, 0.6) is 0 Å². The maximum Gasteiger partial charge on any atom is 0.240 e. The molecule has 2 heterocycles. The summed E-state index contributed by atoms with van der Waals surface area (Å²) in [6, 6.07) is 19.5. The molecule has 0 fully saturated rings. The number of nitrogens with zero attached hydrogens (tertiary/aromatic N) is 2. The summed E-state index contributed by atoms with van der Waals surface area (Å²) in [6.45, 7) is 0.582. The fourth-order valence-electron chi connectivity index (χ4n) is 3.67. The third-order valence-electron chi connectivity index (χ3n) is 5.10. The number of carbonyl (C=O) groups is 1. The number of hydrogen-bond donors (Lipinski definition) is 1. The number of benzene rings is 2. The molecule has 4 nitrogen and oxygen atoms in total. The molecule has 1 aliphatic rings. The van der Waals surface area contributed by atoms with Crippen molar-refractivity contribution in [1.29, 1.82) is 0 Å². The Labute approximate surface area is 159 Å². The summed E-state index contributed by atoms with van der Waals surface area (Å²) < 4.78 is 0. The number of pyridine rings is 1. The van der Waals surface area contributed by atoms with Gasteiger partial charge in [-0.2, -0.15) is 0 Å². The Hall–Kier alpha value is -2.98. The molecule has 27 heavy (non-hydrogen) atoms. The largest absolute Gasteiger partial charge is 0.330 e. The number of aromatic nitrogens is 1. The van der Waals surface area contributed by atoms with E-state index in [-0.39, 0.29) is 11.9 Å². The first-order valence-electron chi connectivity index (χ1n) is 9.32. The number of rotatable bonds is 4. The first kappa shape index (κ1) is 17.4. The van der Waals surface area contributed by atoms with Crippen LogP contribution in [0.3, 0.4) is 0 Å². The molecule has 0 bridgehead atoms. The Bertz CT molecular complexity index is 968. The van der Waals surface area contributed by atoms with Crippen molar-refractivity contribution in [3.63, 3.8) is 0 Å². The maximum atomic E-state index is 13.1. The fourth-order valence-corrected chi connectivity index (χ4v) is 3.67. The van der Waals surface area contributed by atoms with E-state index in [0.717, 1.165) is 28.5 Å². The van der Waals surface area contributed by atoms with Gasteiger partial charge in [0.2, 0.25) is 5.91 Å². The summed E-state index contributed by atoms with van der Waals surface area (Å²) in [5.41, 5.74) is 9.38. The first-order chi connectivity index (χ1) is 13.2. The van der Waals surface area contributed by atoms with Gasteiger partial charge in [-0.25, -0.2) is 0 Å². The Morgan fingerprint density at radius 2 is 1.89 bits per heavy atom. The van der Waals surface area contributed by atoms with Crippen molar-refractivity contribution >= 4 is 16.8 Å². The Morgan fingerprint density at radius 1 is 1.11 bits per heavy atom. The molecule has 0 aliphatic carbocycles. The first-order valence-corrected chi connectivity index (χ1v) is 9.32. The molecule has 1 aliphatic heterocycles. The van der Waals surface area contributed by atoms with Crippen LogP contribution >= 0.6 is 0 Å². The number of carbonyl (C=O) groups excluding carboxylic acids is 1. The van der Waals surface area contributed by atoms with Crippen molar-refractivity contribution < 1.29 is 4.79 Å². The van der Waals surface area contributed by atoms with Gasteiger partial charge in [-0.1, -0.05) is 60.7 Å². The molecule has 136 valence electrons. The predicted octanol–water partition coefficient (Wildman–Crippen LogP) is 3.63. The van der Waals surface area contributed by atoms with Crippen LogP contribution in [0.4, 0.5) is 0 Å². The lowest BCUT2D eigenvalue weighted by molar-refractivity contribution is -0.134. The van der Waals surface area contributed by atoms with E-state index >= 15 is 0 Å². The molecule has 2 aromatic carbocycles. The van der Waals surface area contributed by atoms with Crippen molar-refractivity contribution in [2.75, 3.05) is 6.54 Å². The van der Waals surface area contributed by atoms with Gasteiger partial charge in [-0.05, 0) is 36.1 Å². The molecular formula is C23H23N3O. The lowest BCUT2D eigenvalue weighted by Crippen LogP contribution is -2.47. The highest BCUT2D eigenvalue weighted by atomic mass is 16.2. The molecular weight excluding hydrogens is 334 g/mol. The number of fused-ring (bicyclic) bond motifs is 1. The molecule has 2 unspecified atom stereocenters. The van der Waals surface area contributed by atoms with Gasteiger partial charge in [0.25, 0.3) is 0 Å². The van der Waals surface area contributed by atoms with E-state index in [1.54, 1.807) is 0 Å². The van der Waals surface area contributed by atoms with Crippen LogP contribution < -0.4 is 5.73 Å². The monoisotopic (exact) mass is 357 g/mol. The molecule has 1 aromatic heterocycles. The van der Waals surface area contributed by atoms with Crippen LogP contribution in [0.1, 0.15) is 23.6 Å². The van der Waals surface area contributed by atoms with E-state index in [1.807, 2.05) is 65.7 Å². The second-order valence-corrected chi connectivity index (χ2v) is 6.97. The van der Waals surface area contributed by atoms with Gasteiger partial charge in [0, 0.05) is 18.1 Å². The Morgan fingerprint density at radius 3 is 2.74 bits per heavy atom. The highest BCUT2D eigenvalue weighted by molar-refractivity contribution is 5.83. The average molecular weight is 357 g/mol. The lowest BCUT2D eigenvalue weighted by Gasteiger charge is -2.35. The van der Waals surface area contributed by atoms with Gasteiger partial charge in [0.15, 0.2) is 0 Å². The summed E-state index contributed by atoms with van der Waals surface area (Å²) >= 11 is 0. The molecule has 0 radical (unpaired) electrons. The summed E-state index contributed by atoms with van der Waals surface area (Å²) in [5, 5.41) is 1.09. The van der Waals surface area contributed by atoms with Crippen molar-refractivity contribution in [3.05, 3.63) is 90.1 Å². The molecule has 1 amide bonds. The van der Waals surface area contributed by atoms with Gasteiger partial charge in [-0.15, -0.1) is 0 Å². The van der Waals surface area contributed by atoms with Crippen LogP contribution in [0.15, 0.2) is 79.0 Å². The zero-order valence-corrected chi connectivity index (χ0v) is 15.2. The van der Waals surface area contributed by atoms with Gasteiger partial charge >= 0.3 is 0 Å². The molecule has 0 saturated carbocycles. The van der Waals surface area contributed by atoms with E-state index in [0.29, 0.717) is 13.0 Å². The Balaban J connectivity index is 1.58. The van der Waals surface area contributed by atoms with Crippen LogP contribution in [0.25, 0.3) is 10.9 Å². The minimum absolute atomic E-state index is 0.0126. The summed E-state index contributed by atoms with van der Waals surface area (Å²) in [5.74, 6) is -0.0126. The van der Waals surface area contributed by atoms with Crippen LogP contribution in [-0.4, -0.2) is 28.4 Å². The average Bonchev–Trinajstić information content (AvgIpc) is 2.73. The molecule has 2 atom stereocenters. The second-order valence-electron chi connectivity index (χ2n) is 6.97. The van der Waals surface area contributed by atoms with Crippen LogP contribution in [-0.2, 0) is 11.2 Å². The normalized spacial score (nSPS) is 17.8. The lowest BCUT2D eigenvalue weighted by atomic mass is 9.97. The molecule has 3 aromatic rings. The van der Waals surface area contributed by atoms with Crippen LogP contribution in [0, 0.1) is 0 Å². The third-order valence-corrected chi connectivity index (χ3v) is 5.10. The fraction of sp³-hybridized carbons (Fsp3) is 0.217. The third kappa shape index (κ3) is 3.76. The highest BCUT2D eigenvalue weighted by Gasteiger charge is 2.29. The van der Waals surface area contributed by atoms with Crippen molar-refractivity contribution in [2.24, 2.45) is 5.73 Å². The van der Waals surface area contributed by atoms with Crippen molar-refractivity contribution in [3.8, 4) is 0 Å². The van der Waals surface area contributed by atoms with E-state index < -0.39 is 6.04 Å². The molecule has 4 rings (SSSR count). The molecule has 0 spiro atoms. The standard InChI is InChI=1S/C23H23N3O/c24-20(14-17-8-2-1-3-9-17)23(27)26-13-7-6-12-22(26)19-15-18-10-4-5-11-21(18)25-16-19/h1-11,15-16,20,22H,12-14,24H2. The quantitative estimate of drug-likeness (QED) is 0.725. The summed E-state index contributed by atoms with van der Waals surface area (Å²) in [7, 11) is 0. The van der Waals surface area contributed by atoms with Crippen molar-refractivity contribution in [2.45, 2.75) is 24.9 Å². The zero-order valence-electron chi connectivity index (χ0n) is 15.2. The SMILES string of the molecule is NC(Cc1ccccc1)C(=O)N1CC=CCC1c1cnc2ccccc2c1. The minimum Gasteiger partial charge on any atom is -0.330 e. The smallest absolute Gasteiger partial charge is 0.240 e. The Kier molecular flexibility index (Phi) is 4.99. The predicted molar refractivity (Wildman–Crippen MR) is 108 cm³/mol. The van der Waals surface area contributed by atoms with Gasteiger partial charge in [-0.3, -0.25) is 9.78 Å². The minimum atomic E-state index is -0.546. The van der Waals surface area contributed by atoms with Crippen LogP contribution in [0.2, 0.25) is 0 Å². The van der Waals surface area contributed by atoms with E-state index in [4.69, 9.17) is 5.73 Å². The van der Waals surface area contributed by atoms with E-state index in [2.05, 4.69) is 23.2 Å². The topological polar surface area (TPSA) is 59.2 Å². The van der Waals surface area contributed by atoms with E-state index in [9.17, 15) is 4.79 Å². The summed E-state index contributed by atoms with van der Waals surface area (Å²) in [6.07, 6.45) is 7.38. The number of hydrogen-bond acceptors (Lipinski definition) is 3. The summed E-state index contributed by atoms with van der Waals surface area (Å²) in [4.78, 5) is 19.6. The second kappa shape index (κ2) is 7.72. The molecule has 4 heteroatoms. The zero-order chi connectivity index (χ0) is 18.6. The highest BCUT2D eigenvalue weighted by Crippen LogP contribution is 2.29. The van der Waals surface area contributed by atoms with Gasteiger partial charge < -0.3 is 10.6 Å². The van der Waals surface area contributed by atoms with E-state index in [1.165, 1.54) is 0 Å². The molecule has 2 N–H and O–H groups in total.